The molecule has 0 amide bonds. The van der Waals surface area contributed by atoms with Crippen LogP contribution >= 0.6 is 0 Å². The number of hydrogen-bond donors (Lipinski definition) is 2. The fraction of sp³-hybridized carbons (Fsp3) is 0.929. The van der Waals surface area contributed by atoms with E-state index in [0.717, 1.165) is 37.6 Å². The summed E-state index contributed by atoms with van der Waals surface area (Å²) in [6.45, 7) is 0.920. The molecule has 17 heavy (non-hydrogen) atoms. The Bertz CT molecular complexity index is 309. The van der Waals surface area contributed by atoms with E-state index >= 15 is 0 Å². The number of carboxylic acids is 1. The molecule has 0 heterocycles. The highest BCUT2D eigenvalue weighted by Gasteiger charge is 2.46. The van der Waals surface area contributed by atoms with Crippen LogP contribution in [-0.2, 0) is 4.79 Å². The Hall–Kier alpha value is -0.570. The lowest BCUT2D eigenvalue weighted by molar-refractivity contribution is -0.147. The van der Waals surface area contributed by atoms with Crippen LogP contribution in [0.5, 0.6) is 0 Å². The summed E-state index contributed by atoms with van der Waals surface area (Å²) in [5, 5.41) is 13.0. The molecule has 3 rings (SSSR count). The number of nitrogens with one attached hydrogen (secondary N) is 1. The molecule has 0 spiro atoms. The predicted molar refractivity (Wildman–Crippen MR) is 65.8 cm³/mol. The molecule has 96 valence electrons. The maximum atomic E-state index is 11.6. The van der Waals surface area contributed by atoms with Gasteiger partial charge in [-0.05, 0) is 62.8 Å². The summed E-state index contributed by atoms with van der Waals surface area (Å²) < 4.78 is 0. The Morgan fingerprint density at radius 2 is 1.94 bits per heavy atom. The third-order valence-corrected chi connectivity index (χ3v) is 4.91. The van der Waals surface area contributed by atoms with Gasteiger partial charge in [-0.15, -0.1) is 0 Å². The highest BCUT2D eigenvalue weighted by atomic mass is 16.4. The number of hydrogen-bond acceptors (Lipinski definition) is 2. The van der Waals surface area contributed by atoms with Crippen molar-refractivity contribution in [2.75, 3.05) is 6.54 Å². The van der Waals surface area contributed by atoms with Gasteiger partial charge in [0.1, 0.15) is 5.54 Å². The summed E-state index contributed by atoms with van der Waals surface area (Å²) in [4.78, 5) is 11.6. The molecular formula is C14H23NO2. The second kappa shape index (κ2) is 4.27. The van der Waals surface area contributed by atoms with Gasteiger partial charge in [-0.25, -0.2) is 0 Å². The molecule has 0 saturated heterocycles. The molecule has 2 N–H and O–H groups in total. The van der Waals surface area contributed by atoms with Crippen molar-refractivity contribution in [3.8, 4) is 0 Å². The quantitative estimate of drug-likeness (QED) is 0.772. The molecule has 0 aromatic carbocycles. The van der Waals surface area contributed by atoms with Gasteiger partial charge in [0.15, 0.2) is 0 Å². The fourth-order valence-electron chi connectivity index (χ4n) is 3.38. The first-order valence-electron chi connectivity index (χ1n) is 7.18. The van der Waals surface area contributed by atoms with Crippen molar-refractivity contribution >= 4 is 5.97 Å². The van der Waals surface area contributed by atoms with Crippen LogP contribution in [-0.4, -0.2) is 23.2 Å². The minimum Gasteiger partial charge on any atom is -0.480 e. The summed E-state index contributed by atoms with van der Waals surface area (Å²) in [6.07, 6.45) is 9.30. The Kier molecular flexibility index (Phi) is 2.89. The van der Waals surface area contributed by atoms with Crippen LogP contribution in [0.2, 0.25) is 0 Å². The third kappa shape index (κ3) is 2.49. The maximum absolute atomic E-state index is 11.6. The van der Waals surface area contributed by atoms with Gasteiger partial charge in [-0.2, -0.15) is 0 Å². The summed E-state index contributed by atoms with van der Waals surface area (Å²) in [5.74, 6) is 1.67. The van der Waals surface area contributed by atoms with E-state index in [1.54, 1.807) is 0 Å². The zero-order chi connectivity index (χ0) is 11.9. The van der Waals surface area contributed by atoms with Gasteiger partial charge in [0.05, 0.1) is 0 Å². The average Bonchev–Trinajstić information content (AvgIpc) is 3.18. The van der Waals surface area contributed by atoms with E-state index in [1.165, 1.54) is 32.1 Å². The van der Waals surface area contributed by atoms with Gasteiger partial charge in [-0.3, -0.25) is 4.79 Å². The molecule has 3 heteroatoms. The topological polar surface area (TPSA) is 49.3 Å². The Morgan fingerprint density at radius 1 is 1.18 bits per heavy atom. The lowest BCUT2D eigenvalue weighted by atomic mass is 9.73. The summed E-state index contributed by atoms with van der Waals surface area (Å²) in [7, 11) is 0. The fourth-order valence-corrected chi connectivity index (χ4v) is 3.38. The average molecular weight is 237 g/mol. The van der Waals surface area contributed by atoms with Crippen molar-refractivity contribution in [1.82, 2.24) is 5.32 Å². The zero-order valence-corrected chi connectivity index (χ0v) is 10.5. The summed E-state index contributed by atoms with van der Waals surface area (Å²) in [5.41, 5.74) is -0.589. The molecule has 2 unspecified atom stereocenters. The summed E-state index contributed by atoms with van der Waals surface area (Å²) >= 11 is 0. The van der Waals surface area contributed by atoms with Gasteiger partial charge >= 0.3 is 5.97 Å². The molecule has 0 aliphatic heterocycles. The van der Waals surface area contributed by atoms with E-state index in [-0.39, 0.29) is 0 Å². The highest BCUT2D eigenvalue weighted by Crippen LogP contribution is 2.46. The molecular weight excluding hydrogens is 214 g/mol. The minimum absolute atomic E-state index is 0.589. The Morgan fingerprint density at radius 3 is 2.53 bits per heavy atom. The lowest BCUT2D eigenvalue weighted by Gasteiger charge is -2.38. The van der Waals surface area contributed by atoms with E-state index in [2.05, 4.69) is 5.32 Å². The molecule has 3 aliphatic carbocycles. The van der Waals surface area contributed by atoms with Crippen molar-refractivity contribution in [3.05, 3.63) is 0 Å². The first-order valence-corrected chi connectivity index (χ1v) is 7.18. The van der Waals surface area contributed by atoms with Crippen LogP contribution in [0.1, 0.15) is 51.4 Å². The van der Waals surface area contributed by atoms with Gasteiger partial charge in [0.2, 0.25) is 0 Å². The number of aliphatic carboxylic acids is 1. The SMILES string of the molecule is O=C(O)C1(NCC2CC2)CCCC(C2CC2)C1. The van der Waals surface area contributed by atoms with Crippen molar-refractivity contribution in [3.63, 3.8) is 0 Å². The standard InChI is InChI=1S/C14H23NO2/c16-13(17)14(15-9-10-3-4-10)7-1-2-12(8-14)11-5-6-11/h10-12,15H,1-9H2,(H,16,17). The van der Waals surface area contributed by atoms with Crippen molar-refractivity contribution in [1.29, 1.82) is 0 Å². The van der Waals surface area contributed by atoms with Gasteiger partial charge in [-0.1, -0.05) is 12.8 Å². The molecule has 3 aliphatic rings. The maximum Gasteiger partial charge on any atom is 0.323 e. The first-order chi connectivity index (χ1) is 8.20. The Labute approximate surface area is 103 Å². The van der Waals surface area contributed by atoms with E-state index in [4.69, 9.17) is 0 Å². The summed E-state index contributed by atoms with van der Waals surface area (Å²) in [6, 6.07) is 0. The minimum atomic E-state index is -0.608. The Balaban J connectivity index is 1.65. The zero-order valence-electron chi connectivity index (χ0n) is 10.5. The second-order valence-corrected chi connectivity index (χ2v) is 6.41. The lowest BCUT2D eigenvalue weighted by Crippen LogP contribution is -2.55. The van der Waals surface area contributed by atoms with Gasteiger partial charge in [0.25, 0.3) is 0 Å². The van der Waals surface area contributed by atoms with Crippen LogP contribution in [0.15, 0.2) is 0 Å². The van der Waals surface area contributed by atoms with E-state index in [1.807, 2.05) is 0 Å². The van der Waals surface area contributed by atoms with Gasteiger partial charge < -0.3 is 10.4 Å². The normalized spacial score (nSPS) is 38.0. The van der Waals surface area contributed by atoms with Crippen LogP contribution in [0, 0.1) is 17.8 Å². The number of rotatable bonds is 5. The van der Waals surface area contributed by atoms with E-state index in [9.17, 15) is 9.90 Å². The smallest absolute Gasteiger partial charge is 0.323 e. The molecule has 3 saturated carbocycles. The largest absolute Gasteiger partial charge is 0.480 e. The second-order valence-electron chi connectivity index (χ2n) is 6.41. The molecule has 3 fully saturated rings. The third-order valence-electron chi connectivity index (χ3n) is 4.91. The van der Waals surface area contributed by atoms with Crippen LogP contribution in [0.25, 0.3) is 0 Å². The molecule has 2 atom stereocenters. The monoisotopic (exact) mass is 237 g/mol. The van der Waals surface area contributed by atoms with E-state index < -0.39 is 11.5 Å². The van der Waals surface area contributed by atoms with E-state index in [0.29, 0.717) is 5.92 Å². The molecule has 0 radical (unpaired) electrons. The van der Waals surface area contributed by atoms with Crippen LogP contribution < -0.4 is 5.32 Å². The van der Waals surface area contributed by atoms with Crippen LogP contribution in [0.4, 0.5) is 0 Å². The highest BCUT2D eigenvalue weighted by molar-refractivity contribution is 5.79. The molecule has 3 nitrogen and oxygen atoms in total. The first kappa shape index (κ1) is 11.5. The predicted octanol–water partition coefficient (Wildman–Crippen LogP) is 2.41. The van der Waals surface area contributed by atoms with Crippen molar-refractivity contribution < 1.29 is 9.90 Å². The number of carboxylic acid groups (broad SMARTS) is 1. The molecule has 0 aromatic heterocycles. The van der Waals surface area contributed by atoms with Gasteiger partial charge in [0, 0.05) is 0 Å². The molecule has 0 bridgehead atoms. The van der Waals surface area contributed by atoms with Crippen molar-refractivity contribution in [2.24, 2.45) is 17.8 Å². The van der Waals surface area contributed by atoms with Crippen molar-refractivity contribution in [2.45, 2.75) is 56.9 Å². The van der Waals surface area contributed by atoms with Crippen LogP contribution in [0.3, 0.4) is 0 Å². The molecule has 0 aromatic rings. The number of carbonyl (C=O) groups is 1.